The highest BCUT2D eigenvalue weighted by Gasteiger charge is 2.29. The van der Waals surface area contributed by atoms with E-state index in [0.29, 0.717) is 6.04 Å². The Morgan fingerprint density at radius 1 is 1.53 bits per heavy atom. The summed E-state index contributed by atoms with van der Waals surface area (Å²) in [5.41, 5.74) is 1.22. The topological polar surface area (TPSA) is 42.7 Å². The molecule has 0 aromatic carbocycles. The first-order valence-corrected chi connectivity index (χ1v) is 6.78. The van der Waals surface area contributed by atoms with Gasteiger partial charge in [-0.05, 0) is 31.7 Å². The highest BCUT2D eigenvalue weighted by molar-refractivity contribution is 5.04. The van der Waals surface area contributed by atoms with E-state index in [1.807, 2.05) is 25.0 Å². The lowest BCUT2D eigenvalue weighted by Gasteiger charge is -2.34. The van der Waals surface area contributed by atoms with Crippen molar-refractivity contribution in [1.29, 1.82) is 0 Å². The van der Waals surface area contributed by atoms with Crippen molar-refractivity contribution in [3.05, 3.63) is 11.9 Å². The molecule has 0 aliphatic heterocycles. The molecule has 0 amide bonds. The molecule has 3 unspecified atom stereocenters. The summed E-state index contributed by atoms with van der Waals surface area (Å²) < 4.78 is 1.90. The molecule has 1 aliphatic rings. The van der Waals surface area contributed by atoms with E-state index >= 15 is 0 Å². The van der Waals surface area contributed by atoms with Gasteiger partial charge in [-0.2, -0.15) is 0 Å². The summed E-state index contributed by atoms with van der Waals surface area (Å²) in [4.78, 5) is 0. The Bertz CT molecular complexity index is 347. The second-order valence-corrected chi connectivity index (χ2v) is 5.25. The van der Waals surface area contributed by atoms with Crippen molar-refractivity contribution in [2.45, 2.75) is 45.1 Å². The van der Waals surface area contributed by atoms with Gasteiger partial charge >= 0.3 is 0 Å². The Balaban J connectivity index is 2.10. The highest BCUT2D eigenvalue weighted by atomic mass is 15.4. The van der Waals surface area contributed by atoms with E-state index in [1.54, 1.807) is 0 Å². The van der Waals surface area contributed by atoms with E-state index in [4.69, 9.17) is 0 Å². The standard InChI is InChI=1S/C13H24N4/c1-4-10-6-5-7-11(8-10)13(14-2)12-9-15-16-17(12)3/h9-11,13-14H,4-8H2,1-3H3. The molecule has 2 rings (SSSR count). The van der Waals surface area contributed by atoms with Crippen molar-refractivity contribution in [1.82, 2.24) is 20.3 Å². The first kappa shape index (κ1) is 12.6. The molecule has 1 N–H and O–H groups in total. The Labute approximate surface area is 104 Å². The quantitative estimate of drug-likeness (QED) is 0.872. The van der Waals surface area contributed by atoms with Crippen LogP contribution in [0, 0.1) is 11.8 Å². The fourth-order valence-corrected chi connectivity index (χ4v) is 3.21. The molecule has 96 valence electrons. The average molecular weight is 236 g/mol. The predicted molar refractivity (Wildman–Crippen MR) is 68.5 cm³/mol. The molecular formula is C13H24N4. The monoisotopic (exact) mass is 236 g/mol. The van der Waals surface area contributed by atoms with Gasteiger partial charge in [0.2, 0.25) is 0 Å². The minimum Gasteiger partial charge on any atom is -0.311 e. The molecule has 0 bridgehead atoms. The minimum atomic E-state index is 0.407. The van der Waals surface area contributed by atoms with Crippen LogP contribution in [0.3, 0.4) is 0 Å². The molecule has 0 radical (unpaired) electrons. The molecule has 4 heteroatoms. The van der Waals surface area contributed by atoms with Gasteiger partial charge < -0.3 is 5.32 Å². The molecular weight excluding hydrogens is 212 g/mol. The second kappa shape index (κ2) is 5.63. The third-order valence-corrected chi connectivity index (χ3v) is 4.25. The highest BCUT2D eigenvalue weighted by Crippen LogP contribution is 2.37. The van der Waals surface area contributed by atoms with Gasteiger partial charge in [0, 0.05) is 7.05 Å². The largest absolute Gasteiger partial charge is 0.311 e. The lowest BCUT2D eigenvalue weighted by molar-refractivity contribution is 0.210. The van der Waals surface area contributed by atoms with Gasteiger partial charge in [0.05, 0.1) is 17.9 Å². The molecule has 1 aliphatic carbocycles. The van der Waals surface area contributed by atoms with Crippen molar-refractivity contribution >= 4 is 0 Å². The minimum absolute atomic E-state index is 0.407. The van der Waals surface area contributed by atoms with Gasteiger partial charge in [-0.25, -0.2) is 0 Å². The van der Waals surface area contributed by atoms with E-state index in [1.165, 1.54) is 37.8 Å². The summed E-state index contributed by atoms with van der Waals surface area (Å²) in [5.74, 6) is 1.64. The van der Waals surface area contributed by atoms with Crippen LogP contribution in [0.5, 0.6) is 0 Å². The summed E-state index contributed by atoms with van der Waals surface area (Å²) in [6, 6.07) is 0.407. The fourth-order valence-electron chi connectivity index (χ4n) is 3.21. The normalized spacial score (nSPS) is 27.0. The molecule has 1 heterocycles. The van der Waals surface area contributed by atoms with Gasteiger partial charge in [-0.15, -0.1) is 5.10 Å². The van der Waals surface area contributed by atoms with Crippen molar-refractivity contribution < 1.29 is 0 Å². The summed E-state index contributed by atoms with van der Waals surface area (Å²) in [5, 5.41) is 11.5. The molecule has 0 spiro atoms. The summed E-state index contributed by atoms with van der Waals surface area (Å²) >= 11 is 0. The number of aromatic nitrogens is 3. The maximum Gasteiger partial charge on any atom is 0.0755 e. The van der Waals surface area contributed by atoms with Gasteiger partial charge in [-0.3, -0.25) is 4.68 Å². The number of nitrogens with one attached hydrogen (secondary N) is 1. The van der Waals surface area contributed by atoms with Crippen molar-refractivity contribution in [2.24, 2.45) is 18.9 Å². The number of aryl methyl sites for hydroxylation is 1. The van der Waals surface area contributed by atoms with Crippen LogP contribution in [-0.2, 0) is 7.05 Å². The Morgan fingerprint density at radius 2 is 2.35 bits per heavy atom. The zero-order valence-corrected chi connectivity index (χ0v) is 11.2. The molecule has 3 atom stereocenters. The zero-order valence-electron chi connectivity index (χ0n) is 11.2. The van der Waals surface area contributed by atoms with E-state index < -0.39 is 0 Å². The van der Waals surface area contributed by atoms with Crippen LogP contribution < -0.4 is 5.32 Å². The average Bonchev–Trinajstić information content (AvgIpc) is 2.77. The van der Waals surface area contributed by atoms with Gasteiger partial charge in [0.15, 0.2) is 0 Å². The van der Waals surface area contributed by atoms with Crippen LogP contribution in [-0.4, -0.2) is 22.0 Å². The van der Waals surface area contributed by atoms with Crippen molar-refractivity contribution in [3.8, 4) is 0 Å². The van der Waals surface area contributed by atoms with Crippen molar-refractivity contribution in [2.75, 3.05) is 7.05 Å². The molecule has 0 saturated heterocycles. The van der Waals surface area contributed by atoms with E-state index in [9.17, 15) is 0 Å². The molecule has 1 aromatic rings. The molecule has 17 heavy (non-hydrogen) atoms. The van der Waals surface area contributed by atoms with Gasteiger partial charge in [0.25, 0.3) is 0 Å². The maximum absolute atomic E-state index is 4.05. The smallest absolute Gasteiger partial charge is 0.0755 e. The first-order chi connectivity index (χ1) is 8.26. The zero-order chi connectivity index (χ0) is 12.3. The Morgan fingerprint density at radius 3 is 2.94 bits per heavy atom. The molecule has 1 aromatic heterocycles. The number of nitrogens with zero attached hydrogens (tertiary/aromatic N) is 3. The van der Waals surface area contributed by atoms with Crippen LogP contribution in [0.2, 0.25) is 0 Å². The van der Waals surface area contributed by atoms with E-state index in [2.05, 4.69) is 22.6 Å². The number of hydrogen-bond acceptors (Lipinski definition) is 3. The molecule has 4 nitrogen and oxygen atoms in total. The Kier molecular flexibility index (Phi) is 4.15. The number of rotatable bonds is 4. The van der Waals surface area contributed by atoms with Crippen LogP contribution in [0.4, 0.5) is 0 Å². The summed E-state index contributed by atoms with van der Waals surface area (Å²) in [7, 11) is 4.03. The van der Waals surface area contributed by atoms with Crippen LogP contribution >= 0.6 is 0 Å². The first-order valence-electron chi connectivity index (χ1n) is 6.78. The van der Waals surface area contributed by atoms with Gasteiger partial charge in [0.1, 0.15) is 0 Å². The second-order valence-electron chi connectivity index (χ2n) is 5.25. The maximum atomic E-state index is 4.05. The number of hydrogen-bond donors (Lipinski definition) is 1. The fraction of sp³-hybridized carbons (Fsp3) is 0.846. The third-order valence-electron chi connectivity index (χ3n) is 4.25. The van der Waals surface area contributed by atoms with Gasteiger partial charge in [-0.1, -0.05) is 31.4 Å². The predicted octanol–water partition coefficient (Wildman–Crippen LogP) is 2.29. The van der Waals surface area contributed by atoms with Crippen LogP contribution in [0.1, 0.15) is 50.8 Å². The third kappa shape index (κ3) is 2.68. The molecule has 1 fully saturated rings. The lowest BCUT2D eigenvalue weighted by Crippen LogP contribution is -2.30. The van der Waals surface area contributed by atoms with E-state index in [0.717, 1.165) is 11.8 Å². The van der Waals surface area contributed by atoms with Crippen LogP contribution in [0.25, 0.3) is 0 Å². The van der Waals surface area contributed by atoms with Crippen LogP contribution in [0.15, 0.2) is 6.20 Å². The Hall–Kier alpha value is -0.900. The summed E-state index contributed by atoms with van der Waals surface area (Å²) in [6.07, 6.45) is 8.66. The SMILES string of the molecule is CCC1CCCC(C(NC)c2cnnn2C)C1. The molecule has 1 saturated carbocycles. The summed E-state index contributed by atoms with van der Waals surface area (Å²) in [6.45, 7) is 2.31. The van der Waals surface area contributed by atoms with E-state index in [-0.39, 0.29) is 0 Å². The van der Waals surface area contributed by atoms with Crippen molar-refractivity contribution in [3.63, 3.8) is 0 Å². The lowest BCUT2D eigenvalue weighted by atomic mass is 9.76.